The first-order valence-electron chi connectivity index (χ1n) is 7.34. The monoisotopic (exact) mass is 371 g/mol. The summed E-state index contributed by atoms with van der Waals surface area (Å²) in [6, 6.07) is -1.31. The number of likely N-dealkylation sites (N-methyl/N-ethyl adjacent to an activating group) is 1. The Bertz CT molecular complexity index is 463. The number of hydrogen-bond acceptors (Lipinski definition) is 7. The number of amides is 1. The molecule has 0 aromatic rings. The van der Waals surface area contributed by atoms with Crippen molar-refractivity contribution in [3.63, 3.8) is 0 Å². The van der Waals surface area contributed by atoms with Crippen LogP contribution in [0.25, 0.3) is 0 Å². The van der Waals surface area contributed by atoms with Crippen LogP contribution in [-0.4, -0.2) is 69.6 Å². The Kier molecular flexibility index (Phi) is 9.46. The molecule has 24 heavy (non-hydrogen) atoms. The number of quaternary nitrogens is 1. The average molecular weight is 371 g/mol. The van der Waals surface area contributed by atoms with Crippen molar-refractivity contribution in [1.29, 1.82) is 0 Å². The standard InChI is InChI=1S/C13H27N2O8P/c1-13(2,3)23-12(17)14-10(11(16)20-6)9-22-24(18,19)21-8-7-15(4)5/h10H,7-9H2,1-6H3,(H,14,17)(H,18,19)/p+1. The van der Waals surface area contributed by atoms with Crippen molar-refractivity contribution in [3.05, 3.63) is 0 Å². The number of carbonyl (C=O) groups excluding carboxylic acids is 2. The molecular formula is C13H28N2O8P+. The molecule has 3 N–H and O–H groups in total. The van der Waals surface area contributed by atoms with Crippen LogP contribution in [0.1, 0.15) is 20.8 Å². The van der Waals surface area contributed by atoms with E-state index in [1.165, 1.54) is 0 Å². The van der Waals surface area contributed by atoms with Gasteiger partial charge in [0.25, 0.3) is 0 Å². The second kappa shape index (κ2) is 9.95. The third-order valence-electron chi connectivity index (χ3n) is 2.44. The Balaban J connectivity index is 4.60. The lowest BCUT2D eigenvalue weighted by Crippen LogP contribution is -3.06. The highest BCUT2D eigenvalue weighted by atomic mass is 31.2. The Hall–Kier alpha value is -1.19. The molecule has 0 saturated carbocycles. The van der Waals surface area contributed by atoms with Crippen molar-refractivity contribution >= 4 is 19.9 Å². The zero-order chi connectivity index (χ0) is 19.0. The van der Waals surface area contributed by atoms with Gasteiger partial charge in [-0.1, -0.05) is 0 Å². The van der Waals surface area contributed by atoms with Gasteiger partial charge in [-0.15, -0.1) is 0 Å². The van der Waals surface area contributed by atoms with Gasteiger partial charge in [-0.25, -0.2) is 14.2 Å². The van der Waals surface area contributed by atoms with Gasteiger partial charge in [0, 0.05) is 0 Å². The summed E-state index contributed by atoms with van der Waals surface area (Å²) in [5, 5.41) is 2.22. The fourth-order valence-corrected chi connectivity index (χ4v) is 2.07. The molecule has 0 saturated heterocycles. The lowest BCUT2D eigenvalue weighted by Gasteiger charge is -2.23. The lowest BCUT2D eigenvalue weighted by atomic mass is 10.2. The van der Waals surface area contributed by atoms with E-state index in [9.17, 15) is 19.0 Å². The molecule has 0 aromatic heterocycles. The van der Waals surface area contributed by atoms with Gasteiger partial charge in [0.2, 0.25) is 0 Å². The summed E-state index contributed by atoms with van der Waals surface area (Å²) in [6.45, 7) is 4.84. The number of carbonyl (C=O) groups is 2. The number of phosphoric ester groups is 1. The maximum atomic E-state index is 11.7. The van der Waals surface area contributed by atoms with E-state index in [1.807, 2.05) is 14.1 Å². The van der Waals surface area contributed by atoms with E-state index in [1.54, 1.807) is 20.8 Å². The largest absolute Gasteiger partial charge is 0.472 e. The van der Waals surface area contributed by atoms with Gasteiger partial charge < -0.3 is 24.6 Å². The molecule has 1 amide bonds. The van der Waals surface area contributed by atoms with Gasteiger partial charge in [0.15, 0.2) is 6.04 Å². The minimum Gasteiger partial charge on any atom is -0.467 e. The molecule has 0 fully saturated rings. The Morgan fingerprint density at radius 1 is 1.25 bits per heavy atom. The second-order valence-corrected chi connectivity index (χ2v) is 7.73. The highest BCUT2D eigenvalue weighted by Gasteiger charge is 2.30. The van der Waals surface area contributed by atoms with Crippen LogP contribution in [0.4, 0.5) is 4.79 Å². The fraction of sp³-hybridized carbons (Fsp3) is 0.846. The number of methoxy groups -OCH3 is 1. The normalized spacial score (nSPS) is 15.5. The predicted molar refractivity (Wildman–Crippen MR) is 84.6 cm³/mol. The molecule has 0 aromatic carbocycles. The van der Waals surface area contributed by atoms with Crippen LogP contribution in [0.3, 0.4) is 0 Å². The zero-order valence-electron chi connectivity index (χ0n) is 15.0. The van der Waals surface area contributed by atoms with Crippen molar-refractivity contribution in [2.45, 2.75) is 32.4 Å². The van der Waals surface area contributed by atoms with Gasteiger partial charge in [0.1, 0.15) is 18.8 Å². The van der Waals surface area contributed by atoms with Gasteiger partial charge in [-0.05, 0) is 20.8 Å². The van der Waals surface area contributed by atoms with Crippen molar-refractivity contribution < 1.29 is 42.5 Å². The SMILES string of the molecule is COC(=O)C(COP(=O)(O)OCC[NH+](C)C)NC(=O)OC(C)(C)C. The molecule has 0 aliphatic rings. The van der Waals surface area contributed by atoms with Crippen molar-refractivity contribution in [2.24, 2.45) is 0 Å². The molecule has 0 aliphatic heterocycles. The molecule has 0 heterocycles. The second-order valence-electron chi connectivity index (χ2n) is 6.28. The Labute approximate surface area is 142 Å². The van der Waals surface area contributed by atoms with E-state index < -0.39 is 38.1 Å². The summed E-state index contributed by atoms with van der Waals surface area (Å²) in [6.07, 6.45) is -0.883. The number of ether oxygens (including phenoxy) is 2. The molecule has 142 valence electrons. The minimum atomic E-state index is -4.35. The summed E-state index contributed by atoms with van der Waals surface area (Å²) in [4.78, 5) is 33.9. The van der Waals surface area contributed by atoms with Gasteiger partial charge in [-0.3, -0.25) is 9.05 Å². The van der Waals surface area contributed by atoms with Crippen LogP contribution in [0.15, 0.2) is 0 Å². The topological polar surface area (TPSA) is 125 Å². The molecule has 0 rings (SSSR count). The quantitative estimate of drug-likeness (QED) is 0.360. The average Bonchev–Trinajstić information content (AvgIpc) is 2.39. The smallest absolute Gasteiger partial charge is 0.467 e. The molecular weight excluding hydrogens is 343 g/mol. The van der Waals surface area contributed by atoms with E-state index >= 15 is 0 Å². The lowest BCUT2D eigenvalue weighted by molar-refractivity contribution is -0.858. The number of nitrogens with one attached hydrogen (secondary N) is 2. The summed E-state index contributed by atoms with van der Waals surface area (Å²) in [7, 11) is 0.465. The van der Waals surface area contributed by atoms with Gasteiger partial charge in [-0.2, -0.15) is 0 Å². The van der Waals surface area contributed by atoms with E-state index in [0.29, 0.717) is 6.54 Å². The maximum Gasteiger partial charge on any atom is 0.472 e. The highest BCUT2D eigenvalue weighted by molar-refractivity contribution is 7.47. The summed E-state index contributed by atoms with van der Waals surface area (Å²) < 4.78 is 30.8. The first kappa shape index (κ1) is 22.8. The third kappa shape index (κ3) is 11.4. The molecule has 11 heteroatoms. The number of phosphoric acid groups is 1. The van der Waals surface area contributed by atoms with Gasteiger partial charge in [0.05, 0.1) is 27.8 Å². The number of alkyl carbamates (subject to hydrolysis) is 1. The van der Waals surface area contributed by atoms with Crippen molar-refractivity contribution in [1.82, 2.24) is 5.32 Å². The van der Waals surface area contributed by atoms with Gasteiger partial charge >= 0.3 is 19.9 Å². The molecule has 10 nitrogen and oxygen atoms in total. The summed E-state index contributed by atoms with van der Waals surface area (Å²) >= 11 is 0. The summed E-state index contributed by atoms with van der Waals surface area (Å²) in [5.74, 6) is -0.849. The van der Waals surface area contributed by atoms with Crippen molar-refractivity contribution in [3.8, 4) is 0 Å². The van der Waals surface area contributed by atoms with Crippen LogP contribution in [0, 0.1) is 0 Å². The number of esters is 1. The van der Waals surface area contributed by atoms with Crippen LogP contribution < -0.4 is 10.2 Å². The van der Waals surface area contributed by atoms with E-state index in [2.05, 4.69) is 10.1 Å². The molecule has 0 aliphatic carbocycles. The summed E-state index contributed by atoms with van der Waals surface area (Å²) in [5.41, 5.74) is -0.768. The minimum absolute atomic E-state index is 0.00149. The zero-order valence-corrected chi connectivity index (χ0v) is 15.8. The first-order chi connectivity index (χ1) is 10.9. The van der Waals surface area contributed by atoms with E-state index in [0.717, 1.165) is 12.0 Å². The molecule has 2 atom stereocenters. The number of rotatable bonds is 9. The number of hydrogen-bond donors (Lipinski definition) is 3. The van der Waals surface area contributed by atoms with E-state index in [4.69, 9.17) is 13.8 Å². The third-order valence-corrected chi connectivity index (χ3v) is 3.42. The Morgan fingerprint density at radius 3 is 2.29 bits per heavy atom. The molecule has 0 radical (unpaired) electrons. The van der Waals surface area contributed by atoms with Crippen LogP contribution in [-0.2, 0) is 27.9 Å². The predicted octanol–water partition coefficient (Wildman–Crippen LogP) is -0.669. The maximum absolute atomic E-state index is 11.7. The van der Waals surface area contributed by atoms with Crippen molar-refractivity contribution in [2.75, 3.05) is 41.0 Å². The van der Waals surface area contributed by atoms with Crippen LogP contribution in [0.5, 0.6) is 0 Å². The molecule has 2 unspecified atom stereocenters. The van der Waals surface area contributed by atoms with Crippen LogP contribution >= 0.6 is 7.82 Å². The highest BCUT2D eigenvalue weighted by Crippen LogP contribution is 2.42. The van der Waals surface area contributed by atoms with Crippen LogP contribution in [0.2, 0.25) is 0 Å². The Morgan fingerprint density at radius 2 is 1.83 bits per heavy atom. The molecule has 0 bridgehead atoms. The van der Waals surface area contributed by atoms with E-state index in [-0.39, 0.29) is 6.61 Å². The molecule has 0 spiro atoms. The fourth-order valence-electron chi connectivity index (χ4n) is 1.33. The first-order valence-corrected chi connectivity index (χ1v) is 8.84.